The minimum absolute atomic E-state index is 0.00727. The summed E-state index contributed by atoms with van der Waals surface area (Å²) < 4.78 is 42.0. The van der Waals surface area contributed by atoms with Gasteiger partial charge in [0, 0.05) is 113 Å². The molecule has 30 heteroatoms. The molecular weight excluding hydrogens is 1260 g/mol. The van der Waals surface area contributed by atoms with Crippen LogP contribution >= 0.6 is 11.8 Å². The molecule has 7 N–H and O–H groups in total. The van der Waals surface area contributed by atoms with Crippen LogP contribution in [0.25, 0.3) is 0 Å². The molecule has 0 aromatic heterocycles. The fourth-order valence-electron chi connectivity index (χ4n) is 13.7. The number of hydrogen-bond donors (Lipinski definition) is 7. The van der Waals surface area contributed by atoms with Gasteiger partial charge in [0.05, 0.1) is 47.9 Å². The molecule has 5 heterocycles. The van der Waals surface area contributed by atoms with E-state index in [1.165, 1.54) is 66.7 Å². The van der Waals surface area contributed by atoms with Crippen molar-refractivity contribution < 1.29 is 96.4 Å². The van der Waals surface area contributed by atoms with Crippen molar-refractivity contribution in [1.82, 2.24) is 35.6 Å². The lowest BCUT2D eigenvalue weighted by molar-refractivity contribution is -0.256. The number of phenols is 2. The van der Waals surface area contributed by atoms with E-state index in [9.17, 15) is 63.3 Å². The molecule has 95 heavy (non-hydrogen) atoms. The number of likely N-dealkylation sites (tertiary alicyclic amines) is 1. The number of nitrogens with one attached hydrogen (secondary N) is 4. The minimum atomic E-state index is -2.34. The van der Waals surface area contributed by atoms with Crippen LogP contribution in [-0.4, -0.2) is 235 Å². The van der Waals surface area contributed by atoms with Crippen LogP contribution in [0.3, 0.4) is 0 Å². The number of phenolic OH excluding ortho intramolecular Hbond substituents is 2. The van der Waals surface area contributed by atoms with E-state index >= 15 is 0 Å². The van der Waals surface area contributed by atoms with Gasteiger partial charge in [-0.2, -0.15) is 11.8 Å². The Morgan fingerprint density at radius 3 is 2.26 bits per heavy atom. The van der Waals surface area contributed by atoms with Gasteiger partial charge in [-0.1, -0.05) is 44.5 Å². The number of carbonyl (C=O) groups excluding carboxylic acids is 10. The van der Waals surface area contributed by atoms with Crippen molar-refractivity contribution in [3.8, 4) is 17.2 Å². The van der Waals surface area contributed by atoms with Crippen molar-refractivity contribution in [3.05, 3.63) is 81.4 Å². The van der Waals surface area contributed by atoms with Gasteiger partial charge >= 0.3 is 6.09 Å². The van der Waals surface area contributed by atoms with Crippen LogP contribution in [0.1, 0.15) is 133 Å². The second-order valence-electron chi connectivity index (χ2n) is 25.3. The summed E-state index contributed by atoms with van der Waals surface area (Å²) in [5.74, 6) is -6.20. The highest BCUT2D eigenvalue weighted by molar-refractivity contribution is 8.00. The van der Waals surface area contributed by atoms with Gasteiger partial charge in [0.2, 0.25) is 43.2 Å². The first-order valence-corrected chi connectivity index (χ1v) is 33.5. The Balaban J connectivity index is 0.751. The van der Waals surface area contributed by atoms with Crippen LogP contribution < -0.4 is 26.0 Å². The number of aromatic hydroxyl groups is 2. The number of anilines is 1. The Bertz CT molecular complexity index is 3460. The predicted molar refractivity (Wildman–Crippen MR) is 342 cm³/mol. The molecule has 5 saturated heterocycles. The molecule has 0 radical (unpaired) electrons. The lowest BCUT2D eigenvalue weighted by atomic mass is 9.72. The summed E-state index contributed by atoms with van der Waals surface area (Å²) in [6.45, 7) is 6.44. The third-order valence-electron chi connectivity index (χ3n) is 18.7. The van der Waals surface area contributed by atoms with Crippen LogP contribution in [0.2, 0.25) is 0 Å². The predicted octanol–water partition coefficient (Wildman–Crippen LogP) is 2.37. The highest BCUT2D eigenvalue weighted by Crippen LogP contribution is 2.53. The van der Waals surface area contributed by atoms with Crippen molar-refractivity contribution in [2.45, 2.75) is 158 Å². The van der Waals surface area contributed by atoms with E-state index in [0.717, 1.165) is 0 Å². The zero-order valence-corrected chi connectivity index (χ0v) is 55.1. The number of benzene rings is 3. The molecule has 7 aliphatic rings. The summed E-state index contributed by atoms with van der Waals surface area (Å²) in [5.41, 5.74) is -2.88. The zero-order valence-electron chi connectivity index (χ0n) is 54.3. The number of piperazine rings is 1. The Kier molecular flexibility index (Phi) is 22.3. The number of rotatable bonds is 24. The molecule has 5 aliphatic heterocycles. The van der Waals surface area contributed by atoms with Crippen molar-refractivity contribution in [2.75, 3.05) is 78.2 Å². The van der Waals surface area contributed by atoms with Crippen LogP contribution in [0.4, 0.5) is 15.3 Å². The molecule has 5 fully saturated rings. The number of morpholine rings is 1. The number of amides is 8. The van der Waals surface area contributed by atoms with Crippen LogP contribution in [0.5, 0.6) is 17.2 Å². The smallest absolute Gasteiger partial charge is 0.410 e. The van der Waals surface area contributed by atoms with Gasteiger partial charge in [0.25, 0.3) is 5.91 Å². The Morgan fingerprint density at radius 2 is 1.58 bits per heavy atom. The zero-order chi connectivity index (χ0) is 68.2. The third-order valence-corrected chi connectivity index (χ3v) is 19.6. The number of thioether (sulfide) groups is 1. The maximum absolute atomic E-state index is 14.8. The average molecular weight is 1340 g/mol. The van der Waals surface area contributed by atoms with Gasteiger partial charge in [-0.05, 0) is 68.5 Å². The molecular formula is C65H83BN8O20S. The normalized spacial score (nSPS) is 25.4. The number of imide groups is 1. The first-order valence-electron chi connectivity index (χ1n) is 32.2. The molecule has 512 valence electrons. The van der Waals surface area contributed by atoms with Crippen molar-refractivity contribution in [2.24, 2.45) is 5.92 Å². The number of aliphatic hydroxyl groups is 1. The molecule has 28 nitrogen and oxygen atoms in total. The van der Waals surface area contributed by atoms with E-state index in [4.69, 9.17) is 33.2 Å². The summed E-state index contributed by atoms with van der Waals surface area (Å²) in [7, 11) is 4.22. The quantitative estimate of drug-likeness (QED) is 0.0229. The van der Waals surface area contributed by atoms with Gasteiger partial charge < -0.3 is 79.5 Å². The van der Waals surface area contributed by atoms with Crippen LogP contribution in [0.15, 0.2) is 42.5 Å². The van der Waals surface area contributed by atoms with Gasteiger partial charge in [0.1, 0.15) is 47.6 Å². The van der Waals surface area contributed by atoms with E-state index in [1.54, 1.807) is 44.4 Å². The Hall–Kier alpha value is -7.71. The summed E-state index contributed by atoms with van der Waals surface area (Å²) in [4.78, 5) is 140. The molecule has 0 bridgehead atoms. The maximum atomic E-state index is 14.8. The van der Waals surface area contributed by atoms with Crippen LogP contribution in [0, 0.1) is 5.92 Å². The number of ether oxygens (including phenoxy) is 7. The number of nitrogens with zero attached hydrogens (tertiary/aromatic N) is 4. The SMILES string of the molecule is BC(=O)NCCC[C@H](NC(=O)[C@@H](NC(=O)CCCCCN1C(=O)CC(SC)C1=O)C(C)C)C(=O)Nc1ccc(COC(=O)N2CCN(C(=O)[C@]3(O)Cc4c(O)c5c(c(O)c4[C@@H](O[C@H]4C[C@H]6[C@H](O[C@@H]7[C@@H](OC)OCCN76)[C@H](C)O4)C3)C(=O)c3c(OC)cccc3C5=O)CC2)cc1. The van der Waals surface area contributed by atoms with Crippen molar-refractivity contribution >= 4 is 84.2 Å². The summed E-state index contributed by atoms with van der Waals surface area (Å²) >= 11 is 1.35. The lowest BCUT2D eigenvalue weighted by Crippen LogP contribution is -2.59. The third kappa shape index (κ3) is 15.0. The number of methoxy groups -OCH3 is 2. The lowest BCUT2D eigenvalue weighted by Gasteiger charge is -2.45. The van der Waals surface area contributed by atoms with E-state index < -0.39 is 126 Å². The number of fused-ring (bicyclic) bond motifs is 6. The number of ketones is 2. The second kappa shape index (κ2) is 30.2. The van der Waals surface area contributed by atoms with Crippen molar-refractivity contribution in [3.63, 3.8) is 0 Å². The molecule has 10 rings (SSSR count). The first-order chi connectivity index (χ1) is 45.4. The van der Waals surface area contributed by atoms with E-state index in [2.05, 4.69) is 26.2 Å². The Morgan fingerprint density at radius 1 is 0.853 bits per heavy atom. The summed E-state index contributed by atoms with van der Waals surface area (Å²) in [6, 6.07) is 8.53. The van der Waals surface area contributed by atoms with Gasteiger partial charge in [0.15, 0.2) is 30.4 Å². The Labute approximate surface area is 554 Å². The molecule has 3 aromatic rings. The molecule has 0 spiro atoms. The largest absolute Gasteiger partial charge is 0.507 e. The standard InChI is InChI=1S/C65H83BN8O20S/c1-33(2)51(70-44(75)15-8-7-9-21-74-45(76)29-43(95-6)59(74)83)58(82)69-39(13-11-20-67-63(66)85)57(81)68-36-18-16-35(17-19-36)32-91-64(86)72-24-22-71(23-25-72)62(84)65(87)30-38-48(55(80)50-49(53(38)78)52(77)37-12-10-14-41(88-4)47(37)54(50)79)42(31-65)93-46-28-40-56(34(3)92-46)94-60-61(89-5)90-27-26-73(40)60/h10,12,14,16-19,33-34,39-40,42-43,46,51,56,60-61,78,80,87H,7-9,11,13,15,20-32,66H2,1-6H3,(H,67,85)(H,68,81)(H,69,82)(H,70,75)/t34-,39-,40-,42-,43?,46-,51-,56+,60+,61-,65-/m0/s1. The minimum Gasteiger partial charge on any atom is -0.507 e. The number of unbranched alkanes of at least 4 members (excludes halogenated alkanes) is 2. The molecule has 2 aliphatic carbocycles. The fraction of sp³-hybridized carbons (Fsp3) is 0.569. The summed E-state index contributed by atoms with van der Waals surface area (Å²) in [5, 5.41) is 47.9. The maximum Gasteiger partial charge on any atom is 0.410 e. The van der Waals surface area contributed by atoms with E-state index in [-0.39, 0.29) is 140 Å². The molecule has 8 amide bonds. The number of carbonyl (C=O) groups is 10. The van der Waals surface area contributed by atoms with Gasteiger partial charge in [-0.15, -0.1) is 0 Å². The van der Waals surface area contributed by atoms with E-state index in [1.807, 2.05) is 6.92 Å². The molecule has 11 atom stereocenters. The van der Waals surface area contributed by atoms with E-state index in [0.29, 0.717) is 50.1 Å². The monoisotopic (exact) mass is 1340 g/mol. The highest BCUT2D eigenvalue weighted by Gasteiger charge is 2.56. The second-order valence-corrected chi connectivity index (χ2v) is 26.4. The van der Waals surface area contributed by atoms with Gasteiger partial charge in [-0.25, -0.2) is 4.79 Å². The summed E-state index contributed by atoms with van der Waals surface area (Å²) in [6.07, 6.45) is -2.06. The highest BCUT2D eigenvalue weighted by atomic mass is 32.2. The first kappa shape index (κ1) is 70.1. The van der Waals surface area contributed by atoms with Crippen molar-refractivity contribution in [1.29, 1.82) is 0 Å². The molecule has 1 unspecified atom stereocenters. The van der Waals surface area contributed by atoms with Gasteiger partial charge in [-0.3, -0.25) is 53.0 Å². The number of hydrogen-bond acceptors (Lipinski definition) is 22. The van der Waals surface area contributed by atoms with Crippen LogP contribution in [-0.2, 0) is 70.2 Å². The topological polar surface area (TPSA) is 357 Å². The molecule has 0 saturated carbocycles. The fourth-order valence-corrected chi connectivity index (χ4v) is 14.4. The average Bonchev–Trinajstić information content (AvgIpc) is 1.33. The molecule has 3 aromatic carbocycles.